The Morgan fingerprint density at radius 1 is 1.03 bits per heavy atom. The molecule has 0 unspecified atom stereocenters. The van der Waals surface area contributed by atoms with Crippen molar-refractivity contribution in [3.63, 3.8) is 0 Å². The van der Waals surface area contributed by atoms with E-state index in [0.717, 1.165) is 0 Å². The molecule has 2 heterocycles. The van der Waals surface area contributed by atoms with Crippen LogP contribution in [0.4, 0.5) is 9.52 Å². The van der Waals surface area contributed by atoms with Crippen LogP contribution in [0.3, 0.4) is 0 Å². The molecule has 0 radical (unpaired) electrons. The first-order chi connectivity index (χ1) is 16.5. The highest BCUT2D eigenvalue weighted by molar-refractivity contribution is 7.22. The summed E-state index contributed by atoms with van der Waals surface area (Å²) in [7, 11) is 0. The van der Waals surface area contributed by atoms with Crippen LogP contribution in [-0.4, -0.2) is 30.7 Å². The van der Waals surface area contributed by atoms with E-state index in [1.807, 2.05) is 20.8 Å². The molecule has 0 bridgehead atoms. The van der Waals surface area contributed by atoms with Crippen LogP contribution >= 0.6 is 11.3 Å². The number of rotatable bonds is 10. The zero-order chi connectivity index (χ0) is 24.1. The second-order valence-electron chi connectivity index (χ2n) is 7.18. The van der Waals surface area contributed by atoms with Gasteiger partial charge in [-0.05, 0) is 63.2 Å². The molecule has 0 saturated heterocycles. The van der Waals surface area contributed by atoms with Crippen LogP contribution < -0.4 is 19.1 Å². The van der Waals surface area contributed by atoms with Crippen LogP contribution in [0.2, 0.25) is 0 Å². The van der Waals surface area contributed by atoms with Gasteiger partial charge in [-0.1, -0.05) is 11.3 Å². The number of furan rings is 1. The third-order valence-electron chi connectivity index (χ3n) is 4.87. The van der Waals surface area contributed by atoms with Gasteiger partial charge in [0.2, 0.25) is 5.75 Å². The summed E-state index contributed by atoms with van der Waals surface area (Å²) >= 11 is 1.23. The molecule has 4 aromatic rings. The Morgan fingerprint density at radius 3 is 2.35 bits per heavy atom. The van der Waals surface area contributed by atoms with Gasteiger partial charge in [-0.2, -0.15) is 0 Å². The van der Waals surface area contributed by atoms with Crippen LogP contribution in [0.5, 0.6) is 17.2 Å². The van der Waals surface area contributed by atoms with Crippen LogP contribution in [0, 0.1) is 5.82 Å². The summed E-state index contributed by atoms with van der Waals surface area (Å²) in [5.41, 5.74) is 0.947. The quantitative estimate of drug-likeness (QED) is 0.272. The van der Waals surface area contributed by atoms with Crippen molar-refractivity contribution >= 4 is 32.6 Å². The highest BCUT2D eigenvalue weighted by atomic mass is 32.1. The second kappa shape index (κ2) is 10.6. The second-order valence-corrected chi connectivity index (χ2v) is 8.19. The number of nitrogens with zero attached hydrogens (tertiary/aromatic N) is 2. The normalized spacial score (nSPS) is 10.9. The Bertz CT molecular complexity index is 1240. The minimum absolute atomic E-state index is 0.148. The molecular formula is C25H25FN2O5S. The summed E-state index contributed by atoms with van der Waals surface area (Å²) in [5.74, 6) is 1.18. The van der Waals surface area contributed by atoms with Gasteiger partial charge in [-0.15, -0.1) is 0 Å². The molecule has 0 fully saturated rings. The average Bonchev–Trinajstić information content (AvgIpc) is 3.48. The van der Waals surface area contributed by atoms with Gasteiger partial charge in [-0.25, -0.2) is 9.37 Å². The van der Waals surface area contributed by atoms with Crippen molar-refractivity contribution in [2.75, 3.05) is 24.7 Å². The molecule has 0 N–H and O–H groups in total. The Hall–Kier alpha value is -3.59. The first-order valence-corrected chi connectivity index (χ1v) is 11.8. The fourth-order valence-corrected chi connectivity index (χ4v) is 4.44. The zero-order valence-electron chi connectivity index (χ0n) is 19.2. The zero-order valence-corrected chi connectivity index (χ0v) is 20.0. The van der Waals surface area contributed by atoms with E-state index in [2.05, 4.69) is 4.98 Å². The standard InChI is InChI=1S/C25H25FN2O5S/c1-4-30-20-12-16(13-21(31-5-2)23(20)32-6-3)24(29)28(15-18-8-7-11-33-18)25-27-19-10-9-17(26)14-22(19)34-25/h7-14H,4-6,15H2,1-3H3. The summed E-state index contributed by atoms with van der Waals surface area (Å²) in [6, 6.07) is 11.2. The lowest BCUT2D eigenvalue weighted by Gasteiger charge is -2.21. The highest BCUT2D eigenvalue weighted by Crippen LogP contribution is 2.40. The lowest BCUT2D eigenvalue weighted by atomic mass is 10.1. The van der Waals surface area contributed by atoms with Gasteiger partial charge in [0.25, 0.3) is 5.91 Å². The van der Waals surface area contributed by atoms with E-state index in [9.17, 15) is 9.18 Å². The van der Waals surface area contributed by atoms with E-state index in [-0.39, 0.29) is 18.3 Å². The Morgan fingerprint density at radius 2 is 1.74 bits per heavy atom. The monoisotopic (exact) mass is 484 g/mol. The maximum Gasteiger partial charge on any atom is 0.260 e. The van der Waals surface area contributed by atoms with Crippen molar-refractivity contribution in [1.82, 2.24) is 4.98 Å². The maximum atomic E-state index is 13.8. The number of hydrogen-bond acceptors (Lipinski definition) is 7. The summed E-state index contributed by atoms with van der Waals surface area (Å²) in [4.78, 5) is 19.9. The molecule has 0 aliphatic carbocycles. The third kappa shape index (κ3) is 4.99. The first kappa shape index (κ1) is 23.6. The van der Waals surface area contributed by atoms with Crippen molar-refractivity contribution in [3.8, 4) is 17.2 Å². The topological polar surface area (TPSA) is 74.0 Å². The fourth-order valence-electron chi connectivity index (χ4n) is 3.45. The molecule has 7 nitrogen and oxygen atoms in total. The van der Waals surface area contributed by atoms with Crippen molar-refractivity contribution in [2.45, 2.75) is 27.3 Å². The Kier molecular flexibility index (Phi) is 7.32. The Labute approximate surface area is 200 Å². The van der Waals surface area contributed by atoms with E-state index < -0.39 is 0 Å². The van der Waals surface area contributed by atoms with Crippen LogP contribution in [0.25, 0.3) is 10.2 Å². The van der Waals surface area contributed by atoms with E-state index >= 15 is 0 Å². The molecule has 2 aromatic heterocycles. The molecule has 1 amide bonds. The summed E-state index contributed by atoms with van der Waals surface area (Å²) in [6.45, 7) is 6.93. The number of anilines is 1. The van der Waals surface area contributed by atoms with Crippen LogP contribution in [0.1, 0.15) is 36.9 Å². The number of ether oxygens (including phenoxy) is 3. The lowest BCUT2D eigenvalue weighted by molar-refractivity contribution is 0.0982. The summed E-state index contributed by atoms with van der Waals surface area (Å²) in [5, 5.41) is 0.423. The smallest absolute Gasteiger partial charge is 0.260 e. The highest BCUT2D eigenvalue weighted by Gasteiger charge is 2.26. The van der Waals surface area contributed by atoms with E-state index in [4.69, 9.17) is 18.6 Å². The SMILES string of the molecule is CCOc1cc(C(=O)N(Cc2ccco2)c2nc3ccc(F)cc3s2)cc(OCC)c1OCC. The van der Waals surface area contributed by atoms with Gasteiger partial charge >= 0.3 is 0 Å². The van der Waals surface area contributed by atoms with Gasteiger partial charge in [-0.3, -0.25) is 9.69 Å². The molecular weight excluding hydrogens is 459 g/mol. The van der Waals surface area contributed by atoms with Gasteiger partial charge < -0.3 is 18.6 Å². The minimum atomic E-state index is -0.360. The van der Waals surface area contributed by atoms with Crippen molar-refractivity contribution in [3.05, 3.63) is 65.9 Å². The number of carbonyl (C=O) groups is 1. The van der Waals surface area contributed by atoms with Crippen LogP contribution in [-0.2, 0) is 6.54 Å². The number of benzene rings is 2. The molecule has 34 heavy (non-hydrogen) atoms. The summed E-state index contributed by atoms with van der Waals surface area (Å²) in [6.07, 6.45) is 1.54. The van der Waals surface area contributed by atoms with Gasteiger partial charge in [0, 0.05) is 5.56 Å². The molecule has 9 heteroatoms. The predicted molar refractivity (Wildman–Crippen MR) is 129 cm³/mol. The van der Waals surface area contributed by atoms with E-state index in [1.54, 1.807) is 36.6 Å². The number of fused-ring (bicyclic) bond motifs is 1. The minimum Gasteiger partial charge on any atom is -0.490 e. The van der Waals surface area contributed by atoms with Crippen molar-refractivity contribution in [2.24, 2.45) is 0 Å². The molecule has 4 rings (SSSR count). The summed E-state index contributed by atoms with van der Waals surface area (Å²) < 4.78 is 37.2. The Balaban J connectivity index is 1.80. The molecule has 0 aliphatic rings. The molecule has 178 valence electrons. The molecule has 0 spiro atoms. The largest absolute Gasteiger partial charge is 0.490 e. The number of carbonyl (C=O) groups excluding carboxylic acids is 1. The number of hydrogen-bond donors (Lipinski definition) is 0. The van der Waals surface area contributed by atoms with Crippen LogP contribution in [0.15, 0.2) is 53.1 Å². The molecule has 0 aliphatic heterocycles. The maximum absolute atomic E-state index is 13.8. The number of amides is 1. The van der Waals surface area contributed by atoms with Gasteiger partial charge in [0.05, 0.1) is 42.8 Å². The predicted octanol–water partition coefficient (Wildman–Crippen LogP) is 6.07. The molecule has 0 saturated carbocycles. The lowest BCUT2D eigenvalue weighted by Crippen LogP contribution is -2.30. The fraction of sp³-hybridized carbons (Fsp3) is 0.280. The first-order valence-electron chi connectivity index (χ1n) is 11.0. The van der Waals surface area contributed by atoms with Crippen molar-refractivity contribution < 1.29 is 27.8 Å². The number of aromatic nitrogens is 1. The van der Waals surface area contributed by atoms with E-state index in [1.165, 1.54) is 28.4 Å². The number of halogens is 1. The average molecular weight is 485 g/mol. The van der Waals surface area contributed by atoms with Crippen molar-refractivity contribution in [1.29, 1.82) is 0 Å². The van der Waals surface area contributed by atoms with E-state index in [0.29, 0.717) is 63.7 Å². The molecule has 2 aromatic carbocycles. The number of thiazole rings is 1. The third-order valence-corrected chi connectivity index (χ3v) is 5.91. The van der Waals surface area contributed by atoms with Gasteiger partial charge in [0.1, 0.15) is 11.6 Å². The molecule has 0 atom stereocenters. The van der Waals surface area contributed by atoms with Gasteiger partial charge in [0.15, 0.2) is 16.6 Å².